The van der Waals surface area contributed by atoms with Gasteiger partial charge in [0.05, 0.1) is 0 Å². The quantitative estimate of drug-likeness (QED) is 0.804. The van der Waals surface area contributed by atoms with Gasteiger partial charge in [-0.25, -0.2) is 0 Å². The van der Waals surface area contributed by atoms with E-state index in [1.807, 2.05) is 0 Å². The molecule has 0 saturated heterocycles. The lowest BCUT2D eigenvalue weighted by molar-refractivity contribution is 0.519. The van der Waals surface area contributed by atoms with Crippen LogP contribution in [0.2, 0.25) is 0 Å². The summed E-state index contributed by atoms with van der Waals surface area (Å²) in [5.41, 5.74) is 5.94. The molecule has 1 aromatic heterocycles. The Balaban J connectivity index is 1.93. The molecule has 0 aliphatic heterocycles. The number of hydrogen-bond donors (Lipinski definition) is 2. The Morgan fingerprint density at radius 1 is 1.64 bits per heavy atom. The first kappa shape index (κ1) is 9.71. The predicted molar refractivity (Wildman–Crippen MR) is 59.3 cm³/mol. The summed E-state index contributed by atoms with van der Waals surface area (Å²) in [7, 11) is 0. The van der Waals surface area contributed by atoms with E-state index in [-0.39, 0.29) is 0 Å². The first-order valence-electron chi connectivity index (χ1n) is 4.85. The Morgan fingerprint density at radius 3 is 2.71 bits per heavy atom. The van der Waals surface area contributed by atoms with Crippen molar-refractivity contribution in [2.45, 2.75) is 33.2 Å². The highest BCUT2D eigenvalue weighted by Crippen LogP contribution is 2.53. The summed E-state index contributed by atoms with van der Waals surface area (Å²) in [5, 5.41) is 4.18. The minimum atomic E-state index is 0.361. The molecular formula is C9H16N4S. The molecule has 1 saturated carbocycles. The number of nitrogens with zero attached hydrogens (tertiary/aromatic N) is 2. The van der Waals surface area contributed by atoms with Gasteiger partial charge in [0.15, 0.2) is 0 Å². The molecule has 2 atom stereocenters. The monoisotopic (exact) mass is 212 g/mol. The number of anilines is 2. The van der Waals surface area contributed by atoms with Crippen LogP contribution in [0, 0.1) is 11.3 Å². The first-order valence-corrected chi connectivity index (χ1v) is 5.62. The molecule has 1 fully saturated rings. The van der Waals surface area contributed by atoms with Crippen LogP contribution in [-0.2, 0) is 0 Å². The number of nitrogen functional groups attached to an aromatic ring is 1. The average molecular weight is 212 g/mol. The van der Waals surface area contributed by atoms with Crippen molar-refractivity contribution in [2.24, 2.45) is 11.3 Å². The lowest BCUT2D eigenvalue weighted by Crippen LogP contribution is -2.19. The van der Waals surface area contributed by atoms with Crippen LogP contribution in [-0.4, -0.2) is 15.4 Å². The summed E-state index contributed by atoms with van der Waals surface area (Å²) in [6.07, 6.45) is 1.29. The fraction of sp³-hybridized carbons (Fsp3) is 0.778. The molecule has 1 aromatic rings. The molecule has 4 nitrogen and oxygen atoms in total. The fourth-order valence-corrected chi connectivity index (χ4v) is 2.54. The Labute approximate surface area is 88.1 Å². The molecule has 5 heteroatoms. The molecule has 0 amide bonds. The molecule has 0 aromatic carbocycles. The number of hydrogen-bond acceptors (Lipinski definition) is 5. The van der Waals surface area contributed by atoms with E-state index < -0.39 is 0 Å². The molecule has 2 rings (SSSR count). The van der Waals surface area contributed by atoms with Crippen LogP contribution in [0.15, 0.2) is 0 Å². The van der Waals surface area contributed by atoms with E-state index in [4.69, 9.17) is 5.73 Å². The zero-order valence-electron chi connectivity index (χ0n) is 8.74. The summed E-state index contributed by atoms with van der Waals surface area (Å²) >= 11 is 1.33. The normalized spacial score (nSPS) is 25.8. The third kappa shape index (κ3) is 1.82. The molecular weight excluding hydrogens is 196 g/mol. The maximum atomic E-state index is 5.45. The molecule has 1 heterocycles. The van der Waals surface area contributed by atoms with E-state index in [0.29, 0.717) is 17.4 Å². The van der Waals surface area contributed by atoms with Gasteiger partial charge in [-0.2, -0.15) is 9.36 Å². The average Bonchev–Trinajstić information content (AvgIpc) is 2.51. The zero-order chi connectivity index (χ0) is 10.3. The van der Waals surface area contributed by atoms with Crippen LogP contribution >= 0.6 is 11.5 Å². The van der Waals surface area contributed by atoms with Crippen LogP contribution in [0.1, 0.15) is 27.2 Å². The number of rotatable bonds is 3. The minimum absolute atomic E-state index is 0.361. The molecule has 1 aliphatic rings. The molecule has 1 aliphatic carbocycles. The Hall–Kier alpha value is -0.840. The van der Waals surface area contributed by atoms with E-state index in [2.05, 4.69) is 35.4 Å². The zero-order valence-corrected chi connectivity index (χ0v) is 9.56. The Morgan fingerprint density at radius 2 is 2.29 bits per heavy atom. The smallest absolute Gasteiger partial charge is 0.233 e. The number of aromatic nitrogens is 2. The highest BCUT2D eigenvalue weighted by Gasteiger charge is 2.48. The molecule has 3 N–H and O–H groups in total. The third-order valence-corrected chi connectivity index (χ3v) is 3.65. The van der Waals surface area contributed by atoms with E-state index in [9.17, 15) is 0 Å². The van der Waals surface area contributed by atoms with Gasteiger partial charge in [-0.1, -0.05) is 13.8 Å². The van der Waals surface area contributed by atoms with Gasteiger partial charge in [-0.05, 0) is 24.7 Å². The van der Waals surface area contributed by atoms with Crippen molar-refractivity contribution in [3.63, 3.8) is 0 Å². The number of nitrogens with one attached hydrogen (secondary N) is 1. The standard InChI is InChI=1S/C9H16N4S/c1-5(6-4-9(6,2)3)11-8-12-7(10)13-14-8/h5-6H,4H2,1-3H3,(H3,10,11,12,13). The topological polar surface area (TPSA) is 63.8 Å². The van der Waals surface area contributed by atoms with Crippen LogP contribution in [0.25, 0.3) is 0 Å². The van der Waals surface area contributed by atoms with E-state index in [0.717, 1.165) is 11.0 Å². The summed E-state index contributed by atoms with van der Waals surface area (Å²) in [5.74, 6) is 1.10. The van der Waals surface area contributed by atoms with E-state index >= 15 is 0 Å². The second kappa shape index (κ2) is 3.08. The van der Waals surface area contributed by atoms with Gasteiger partial charge in [0.25, 0.3) is 0 Å². The fourth-order valence-electron chi connectivity index (χ4n) is 1.95. The lowest BCUT2D eigenvalue weighted by atomic mass is 10.1. The summed E-state index contributed by atoms with van der Waals surface area (Å²) in [4.78, 5) is 4.08. The Bertz CT molecular complexity index is 333. The van der Waals surface area contributed by atoms with Crippen molar-refractivity contribution in [1.82, 2.24) is 9.36 Å². The van der Waals surface area contributed by atoms with Gasteiger partial charge in [0.2, 0.25) is 11.1 Å². The van der Waals surface area contributed by atoms with Gasteiger partial charge in [-0.15, -0.1) is 0 Å². The lowest BCUT2D eigenvalue weighted by Gasteiger charge is -2.13. The van der Waals surface area contributed by atoms with Gasteiger partial charge < -0.3 is 11.1 Å². The maximum Gasteiger partial charge on any atom is 0.233 e. The van der Waals surface area contributed by atoms with Crippen LogP contribution < -0.4 is 11.1 Å². The second-order valence-electron chi connectivity index (χ2n) is 4.69. The van der Waals surface area contributed by atoms with Gasteiger partial charge in [0.1, 0.15) is 0 Å². The van der Waals surface area contributed by atoms with Crippen molar-refractivity contribution < 1.29 is 0 Å². The highest BCUT2D eigenvalue weighted by atomic mass is 32.1. The van der Waals surface area contributed by atoms with Crippen LogP contribution in [0.5, 0.6) is 0 Å². The molecule has 2 unspecified atom stereocenters. The molecule has 0 bridgehead atoms. The molecule has 0 spiro atoms. The van der Waals surface area contributed by atoms with Gasteiger partial charge >= 0.3 is 0 Å². The Kier molecular flexibility index (Phi) is 2.14. The highest BCUT2D eigenvalue weighted by molar-refractivity contribution is 7.09. The van der Waals surface area contributed by atoms with Crippen molar-refractivity contribution in [1.29, 1.82) is 0 Å². The van der Waals surface area contributed by atoms with E-state index in [1.165, 1.54) is 18.0 Å². The second-order valence-corrected chi connectivity index (χ2v) is 5.44. The minimum Gasteiger partial charge on any atom is -0.367 e. The van der Waals surface area contributed by atoms with Crippen LogP contribution in [0.4, 0.5) is 11.1 Å². The molecule has 78 valence electrons. The first-order chi connectivity index (χ1) is 6.49. The van der Waals surface area contributed by atoms with Gasteiger partial charge in [-0.3, -0.25) is 0 Å². The maximum absolute atomic E-state index is 5.45. The van der Waals surface area contributed by atoms with Crippen molar-refractivity contribution in [3.05, 3.63) is 0 Å². The van der Waals surface area contributed by atoms with Crippen molar-refractivity contribution >= 4 is 22.6 Å². The summed E-state index contributed by atoms with van der Waals surface area (Å²) in [6, 6.07) is 0.456. The largest absolute Gasteiger partial charge is 0.367 e. The number of nitrogens with two attached hydrogens (primary N) is 1. The van der Waals surface area contributed by atoms with Crippen molar-refractivity contribution in [2.75, 3.05) is 11.1 Å². The third-order valence-electron chi connectivity index (χ3n) is 2.99. The molecule has 14 heavy (non-hydrogen) atoms. The van der Waals surface area contributed by atoms with E-state index in [1.54, 1.807) is 0 Å². The summed E-state index contributed by atoms with van der Waals surface area (Å²) in [6.45, 7) is 6.78. The summed E-state index contributed by atoms with van der Waals surface area (Å²) < 4.78 is 3.93. The van der Waals surface area contributed by atoms with Crippen molar-refractivity contribution in [3.8, 4) is 0 Å². The van der Waals surface area contributed by atoms with Crippen LogP contribution in [0.3, 0.4) is 0 Å². The van der Waals surface area contributed by atoms with Gasteiger partial charge in [0, 0.05) is 17.6 Å². The molecule has 0 radical (unpaired) electrons. The SMILES string of the molecule is CC(Nc1nc(N)ns1)C1CC1(C)C. The predicted octanol–water partition coefficient (Wildman–Crippen LogP) is 1.97.